The molecule has 2 atom stereocenters. The summed E-state index contributed by atoms with van der Waals surface area (Å²) in [6.45, 7) is 0. The number of hydrogen-bond acceptors (Lipinski definition) is 4. The van der Waals surface area contributed by atoms with Crippen LogP contribution in [0.15, 0.2) is 0 Å². The Morgan fingerprint density at radius 1 is 0.386 bits per heavy atom. The predicted octanol–water partition coefficient (Wildman–Crippen LogP) is 15.1. The van der Waals surface area contributed by atoms with Gasteiger partial charge in [0, 0.05) is 30.8 Å². The molecule has 0 amide bonds. The second kappa shape index (κ2) is 33.1. The van der Waals surface area contributed by atoms with Gasteiger partial charge in [0.05, 0.1) is 0 Å². The fourth-order valence-corrected chi connectivity index (χ4v) is 11.1. The molecule has 2 saturated heterocycles. The van der Waals surface area contributed by atoms with E-state index in [1.165, 1.54) is 218 Å². The van der Waals surface area contributed by atoms with Crippen LogP contribution >= 0.6 is 0 Å². The van der Waals surface area contributed by atoms with E-state index >= 15 is 0 Å². The molecule has 2 aliphatic heterocycles. The SMILES string of the molecule is CN1[C@@H]2CCC(CCCCCCCCCCCCCC(=O)O)(CCCCCCCCCCCCCC(=O)O)[C@@]1(CCCCCCCCCCCCCC(=O)O)CC2. The Morgan fingerprint density at radius 2 is 0.632 bits per heavy atom. The molecule has 0 spiro atoms. The lowest BCUT2D eigenvalue weighted by molar-refractivity contribution is -0.138. The molecule has 0 radical (unpaired) electrons. The van der Waals surface area contributed by atoms with Crippen LogP contribution in [0.4, 0.5) is 0 Å². The van der Waals surface area contributed by atoms with Crippen LogP contribution in [0.3, 0.4) is 0 Å². The molecule has 2 heterocycles. The van der Waals surface area contributed by atoms with Gasteiger partial charge in [-0.1, -0.05) is 193 Å². The maximum atomic E-state index is 10.7. The van der Waals surface area contributed by atoms with Crippen molar-refractivity contribution in [1.29, 1.82) is 0 Å². The summed E-state index contributed by atoms with van der Waals surface area (Å²) in [5.41, 5.74) is 0.895. The summed E-state index contributed by atoms with van der Waals surface area (Å²) < 4.78 is 0. The lowest BCUT2D eigenvalue weighted by Crippen LogP contribution is -2.60. The highest BCUT2D eigenvalue weighted by molar-refractivity contribution is 5.67. The number of carbonyl (C=O) groups is 3. The molecule has 2 aliphatic rings. The summed E-state index contributed by atoms with van der Waals surface area (Å²) >= 11 is 0. The van der Waals surface area contributed by atoms with Crippen molar-refractivity contribution in [2.75, 3.05) is 7.05 Å². The Hall–Kier alpha value is -1.63. The van der Waals surface area contributed by atoms with Gasteiger partial charge in [-0.2, -0.15) is 0 Å². The average Bonchev–Trinajstić information content (AvgIpc) is 3.40. The molecule has 2 fully saturated rings. The molecule has 2 bridgehead atoms. The van der Waals surface area contributed by atoms with E-state index in [1.807, 2.05) is 0 Å². The number of carboxylic acids is 3. The lowest BCUT2D eigenvalue weighted by atomic mass is 9.57. The topological polar surface area (TPSA) is 115 Å². The molecular weight excluding hydrogens is 711 g/mol. The fourth-order valence-electron chi connectivity index (χ4n) is 11.1. The molecule has 2 rings (SSSR count). The number of nitrogens with zero attached hydrogens (tertiary/aromatic N) is 1. The molecule has 57 heavy (non-hydrogen) atoms. The van der Waals surface area contributed by atoms with Crippen LogP contribution in [0.5, 0.6) is 0 Å². The first kappa shape index (κ1) is 51.5. The second-order valence-corrected chi connectivity index (χ2v) is 19.0. The number of hydrogen-bond donors (Lipinski definition) is 3. The summed E-state index contributed by atoms with van der Waals surface area (Å²) in [4.78, 5) is 35.1. The van der Waals surface area contributed by atoms with Crippen molar-refractivity contribution in [2.24, 2.45) is 5.41 Å². The van der Waals surface area contributed by atoms with Gasteiger partial charge >= 0.3 is 17.9 Å². The van der Waals surface area contributed by atoms with Gasteiger partial charge in [0.1, 0.15) is 0 Å². The van der Waals surface area contributed by atoms with Crippen LogP contribution < -0.4 is 0 Å². The lowest BCUT2D eigenvalue weighted by Gasteiger charge is -2.58. The molecule has 7 nitrogen and oxygen atoms in total. The van der Waals surface area contributed by atoms with Gasteiger partial charge in [-0.3, -0.25) is 19.3 Å². The Balaban J connectivity index is 1.77. The first-order valence-electron chi connectivity index (χ1n) is 25.1. The number of fused-ring (bicyclic) bond motifs is 2. The minimum Gasteiger partial charge on any atom is -0.481 e. The highest BCUT2D eigenvalue weighted by Gasteiger charge is 2.59. The van der Waals surface area contributed by atoms with E-state index in [0.29, 0.717) is 30.2 Å². The van der Waals surface area contributed by atoms with Crippen LogP contribution in [-0.4, -0.2) is 56.8 Å². The number of carboxylic acid groups (broad SMARTS) is 3. The van der Waals surface area contributed by atoms with Gasteiger partial charge in [-0.15, -0.1) is 0 Å². The molecule has 0 unspecified atom stereocenters. The second-order valence-electron chi connectivity index (χ2n) is 19.0. The van der Waals surface area contributed by atoms with Crippen LogP contribution in [0, 0.1) is 5.41 Å². The third-order valence-electron chi connectivity index (χ3n) is 14.6. The van der Waals surface area contributed by atoms with E-state index in [4.69, 9.17) is 15.3 Å². The van der Waals surface area contributed by atoms with E-state index in [2.05, 4.69) is 11.9 Å². The average molecular weight is 804 g/mol. The number of rotatable bonds is 42. The van der Waals surface area contributed by atoms with Crippen molar-refractivity contribution in [3.63, 3.8) is 0 Å². The Kier molecular flexibility index (Phi) is 29.9. The summed E-state index contributed by atoms with van der Waals surface area (Å²) in [6, 6.07) is 0.802. The first-order chi connectivity index (χ1) is 27.7. The van der Waals surface area contributed by atoms with Crippen LogP contribution in [0.1, 0.15) is 276 Å². The largest absolute Gasteiger partial charge is 0.481 e. The van der Waals surface area contributed by atoms with Gasteiger partial charge in [-0.05, 0) is 76.7 Å². The van der Waals surface area contributed by atoms with Gasteiger partial charge in [-0.25, -0.2) is 0 Å². The summed E-state index contributed by atoms with van der Waals surface area (Å²) in [7, 11) is 2.52. The van der Waals surface area contributed by atoms with Crippen molar-refractivity contribution in [1.82, 2.24) is 4.90 Å². The van der Waals surface area contributed by atoms with Crippen LogP contribution in [-0.2, 0) is 14.4 Å². The van der Waals surface area contributed by atoms with Crippen molar-refractivity contribution in [3.8, 4) is 0 Å². The Bertz CT molecular complexity index is 977. The van der Waals surface area contributed by atoms with Crippen molar-refractivity contribution in [2.45, 2.75) is 288 Å². The van der Waals surface area contributed by atoms with E-state index in [1.54, 1.807) is 0 Å². The Labute approximate surface area is 351 Å². The van der Waals surface area contributed by atoms with Gasteiger partial charge in [0.15, 0.2) is 0 Å². The monoisotopic (exact) mass is 804 g/mol. The first-order valence-corrected chi connectivity index (χ1v) is 25.1. The third-order valence-corrected chi connectivity index (χ3v) is 14.6. The van der Waals surface area contributed by atoms with Crippen LogP contribution in [0.2, 0.25) is 0 Å². The third kappa shape index (κ3) is 23.1. The van der Waals surface area contributed by atoms with E-state index in [9.17, 15) is 14.4 Å². The smallest absolute Gasteiger partial charge is 0.303 e. The quantitative estimate of drug-likeness (QED) is 0.0526. The minimum absolute atomic E-state index is 0.323. The van der Waals surface area contributed by atoms with Crippen molar-refractivity contribution in [3.05, 3.63) is 0 Å². The molecule has 0 aromatic heterocycles. The van der Waals surface area contributed by atoms with Gasteiger partial charge < -0.3 is 15.3 Å². The summed E-state index contributed by atoms with van der Waals surface area (Å²) in [5, 5.41) is 26.5. The normalized spacial score (nSPS) is 19.0. The zero-order valence-corrected chi connectivity index (χ0v) is 37.5. The maximum Gasteiger partial charge on any atom is 0.303 e. The van der Waals surface area contributed by atoms with Gasteiger partial charge in [0.25, 0.3) is 0 Å². The highest BCUT2D eigenvalue weighted by Crippen LogP contribution is 2.60. The van der Waals surface area contributed by atoms with E-state index in [0.717, 1.165) is 44.6 Å². The summed E-state index contributed by atoms with van der Waals surface area (Å²) in [5.74, 6) is -1.98. The molecule has 0 aliphatic carbocycles. The maximum absolute atomic E-state index is 10.7. The standard InChI is InChI=1S/C50H93NO6/c1-51-45-38-43-49(40-32-26-20-14-8-2-5-11-17-23-29-35-46(52)53,41-33-27-21-15-9-3-6-12-18-24-30-36-47(54)55)50(51,44-39-45)42-34-28-22-16-10-4-7-13-19-25-31-37-48(56)57/h45H,2-44H2,1H3,(H,52,53)(H,54,55)(H,56,57)/t45-,50-/m1/s1. The van der Waals surface area contributed by atoms with Crippen molar-refractivity contribution >= 4 is 17.9 Å². The molecule has 0 aromatic carbocycles. The zero-order valence-electron chi connectivity index (χ0n) is 37.5. The number of aliphatic carboxylic acids is 3. The van der Waals surface area contributed by atoms with Crippen LogP contribution in [0.25, 0.3) is 0 Å². The van der Waals surface area contributed by atoms with E-state index < -0.39 is 17.9 Å². The summed E-state index contributed by atoms with van der Waals surface area (Å²) in [6.07, 6.45) is 52.6. The fraction of sp³-hybridized carbons (Fsp3) is 0.940. The molecule has 0 aromatic rings. The van der Waals surface area contributed by atoms with Crippen molar-refractivity contribution < 1.29 is 29.7 Å². The van der Waals surface area contributed by atoms with Gasteiger partial charge in [0.2, 0.25) is 0 Å². The number of unbranched alkanes of at least 4 members (excludes halogenated alkanes) is 30. The molecule has 7 heteroatoms. The number of piperidine rings is 1. The molecule has 0 saturated carbocycles. The minimum atomic E-state index is -0.661. The molecular formula is C50H93NO6. The molecule has 3 N–H and O–H groups in total. The zero-order chi connectivity index (χ0) is 41.3. The van der Waals surface area contributed by atoms with E-state index in [-0.39, 0.29) is 0 Å². The Morgan fingerprint density at radius 3 is 0.930 bits per heavy atom. The highest BCUT2D eigenvalue weighted by atomic mass is 16.4. The predicted molar refractivity (Wildman–Crippen MR) is 238 cm³/mol. The molecule has 334 valence electrons.